The van der Waals surface area contributed by atoms with Crippen LogP contribution in [0, 0.1) is 0 Å². The molecule has 86 valence electrons. The standard InChI is InChI=1S/C11H9ClN4S/c12-7-3-1-6(2-4-7)5-8-9(13)15-11(17)16-10(8)14/h1-5H,(H4,13,14,15,16,17). The second-order valence-electron chi connectivity index (χ2n) is 3.39. The highest BCUT2D eigenvalue weighted by molar-refractivity contribution is 7.80. The molecule has 6 heteroatoms. The van der Waals surface area contributed by atoms with Crippen LogP contribution in [0.4, 0.5) is 0 Å². The van der Waals surface area contributed by atoms with E-state index >= 15 is 0 Å². The number of thiocarbonyl (C=S) groups is 1. The molecule has 4 nitrogen and oxygen atoms in total. The molecule has 4 N–H and O–H groups in total. The lowest BCUT2D eigenvalue weighted by Gasteiger charge is -2.10. The molecule has 0 fully saturated rings. The van der Waals surface area contributed by atoms with Crippen molar-refractivity contribution in [1.29, 1.82) is 0 Å². The Hall–Kier alpha value is -1.72. The summed E-state index contributed by atoms with van der Waals surface area (Å²) < 4.78 is 0. The molecule has 17 heavy (non-hydrogen) atoms. The SMILES string of the molecule is NC1=NC(=S)N=C(N)C1=Cc1ccc(Cl)cc1. The maximum absolute atomic E-state index is 5.80. The summed E-state index contributed by atoms with van der Waals surface area (Å²) in [6, 6.07) is 7.26. The van der Waals surface area contributed by atoms with E-state index in [2.05, 4.69) is 9.98 Å². The Kier molecular flexibility index (Phi) is 3.21. The minimum Gasteiger partial charge on any atom is -0.383 e. The summed E-state index contributed by atoms with van der Waals surface area (Å²) in [7, 11) is 0. The van der Waals surface area contributed by atoms with Crippen LogP contribution >= 0.6 is 23.8 Å². The molecule has 1 aliphatic rings. The van der Waals surface area contributed by atoms with Gasteiger partial charge in [-0.25, -0.2) is 9.98 Å². The van der Waals surface area contributed by atoms with Crippen LogP contribution in [-0.4, -0.2) is 16.8 Å². The first-order valence-corrected chi connectivity index (χ1v) is 5.55. The van der Waals surface area contributed by atoms with Crippen LogP contribution in [0.2, 0.25) is 5.02 Å². The fraction of sp³-hybridized carbons (Fsp3) is 0. The molecule has 1 aromatic carbocycles. The lowest BCUT2D eigenvalue weighted by atomic mass is 10.1. The molecule has 1 heterocycles. The fourth-order valence-electron chi connectivity index (χ4n) is 1.36. The molecule has 0 atom stereocenters. The molecule has 0 aromatic heterocycles. The molecule has 1 aliphatic heterocycles. The van der Waals surface area contributed by atoms with Crippen LogP contribution in [-0.2, 0) is 0 Å². The van der Waals surface area contributed by atoms with E-state index in [-0.39, 0.29) is 16.8 Å². The van der Waals surface area contributed by atoms with Crippen LogP contribution in [0.25, 0.3) is 6.08 Å². The van der Waals surface area contributed by atoms with Crippen molar-refractivity contribution in [2.75, 3.05) is 0 Å². The van der Waals surface area contributed by atoms with Gasteiger partial charge < -0.3 is 11.5 Å². The Morgan fingerprint density at radius 2 is 1.59 bits per heavy atom. The van der Waals surface area contributed by atoms with E-state index < -0.39 is 0 Å². The molecule has 0 saturated heterocycles. The van der Waals surface area contributed by atoms with Crippen LogP contribution in [0.5, 0.6) is 0 Å². The number of nitrogens with two attached hydrogens (primary N) is 2. The summed E-state index contributed by atoms with van der Waals surface area (Å²) in [5.74, 6) is 0.551. The molecule has 0 amide bonds. The number of nitrogens with zero attached hydrogens (tertiary/aromatic N) is 2. The highest BCUT2D eigenvalue weighted by Gasteiger charge is 2.14. The van der Waals surface area contributed by atoms with Crippen molar-refractivity contribution < 1.29 is 0 Å². The van der Waals surface area contributed by atoms with Gasteiger partial charge in [0.2, 0.25) is 5.11 Å². The minimum atomic E-state index is 0.147. The minimum absolute atomic E-state index is 0.147. The lowest BCUT2D eigenvalue weighted by molar-refractivity contribution is 1.45. The second-order valence-corrected chi connectivity index (χ2v) is 4.19. The Balaban J connectivity index is 2.40. The Morgan fingerprint density at radius 1 is 1.06 bits per heavy atom. The number of aliphatic imine (C=N–C) groups is 2. The van der Waals surface area contributed by atoms with E-state index in [0.717, 1.165) is 5.56 Å². The Morgan fingerprint density at radius 3 is 2.12 bits per heavy atom. The van der Waals surface area contributed by atoms with Gasteiger partial charge in [-0.05, 0) is 36.0 Å². The zero-order valence-electron chi connectivity index (χ0n) is 8.72. The van der Waals surface area contributed by atoms with Gasteiger partial charge in [-0.2, -0.15) is 0 Å². The normalized spacial score (nSPS) is 15.4. The monoisotopic (exact) mass is 264 g/mol. The highest BCUT2D eigenvalue weighted by atomic mass is 35.5. The van der Waals surface area contributed by atoms with Gasteiger partial charge in [0.05, 0.1) is 5.57 Å². The third-order valence-corrected chi connectivity index (χ3v) is 2.60. The van der Waals surface area contributed by atoms with Gasteiger partial charge in [0, 0.05) is 5.02 Å². The van der Waals surface area contributed by atoms with Gasteiger partial charge >= 0.3 is 0 Å². The van der Waals surface area contributed by atoms with Crippen molar-refractivity contribution in [3.8, 4) is 0 Å². The summed E-state index contributed by atoms with van der Waals surface area (Å²) in [5, 5.41) is 0.813. The first-order chi connectivity index (χ1) is 8.06. The molecule has 0 bridgehead atoms. The maximum Gasteiger partial charge on any atom is 0.223 e. The van der Waals surface area contributed by atoms with Crippen molar-refractivity contribution in [3.63, 3.8) is 0 Å². The number of amidine groups is 2. The molecule has 0 radical (unpaired) electrons. The molecule has 0 spiro atoms. The topological polar surface area (TPSA) is 76.8 Å². The number of halogens is 1. The maximum atomic E-state index is 5.80. The lowest BCUT2D eigenvalue weighted by Crippen LogP contribution is -2.31. The predicted octanol–water partition coefficient (Wildman–Crippen LogP) is 1.74. The van der Waals surface area contributed by atoms with Crippen molar-refractivity contribution >= 4 is 46.7 Å². The summed E-state index contributed by atoms with van der Waals surface area (Å²) in [5.41, 5.74) is 13.0. The zero-order valence-corrected chi connectivity index (χ0v) is 10.3. The van der Waals surface area contributed by atoms with E-state index in [1.54, 1.807) is 18.2 Å². The predicted molar refractivity (Wildman–Crippen MR) is 75.3 cm³/mol. The van der Waals surface area contributed by atoms with E-state index in [9.17, 15) is 0 Å². The van der Waals surface area contributed by atoms with Gasteiger partial charge in [0.1, 0.15) is 11.7 Å². The van der Waals surface area contributed by atoms with Gasteiger partial charge in [0.25, 0.3) is 0 Å². The second kappa shape index (κ2) is 4.65. The summed E-state index contributed by atoms with van der Waals surface area (Å²) >= 11 is 10.6. The molecule has 0 unspecified atom stereocenters. The molecule has 0 aliphatic carbocycles. The third-order valence-electron chi connectivity index (χ3n) is 2.17. The van der Waals surface area contributed by atoms with Gasteiger partial charge in [-0.15, -0.1) is 0 Å². The van der Waals surface area contributed by atoms with Crippen molar-refractivity contribution in [2.45, 2.75) is 0 Å². The number of benzene rings is 1. The molecule has 0 saturated carbocycles. The number of hydrogen-bond donors (Lipinski definition) is 2. The summed E-state index contributed by atoms with van der Waals surface area (Å²) in [4.78, 5) is 7.78. The van der Waals surface area contributed by atoms with E-state index in [4.69, 9.17) is 35.3 Å². The first-order valence-electron chi connectivity index (χ1n) is 4.76. The smallest absolute Gasteiger partial charge is 0.223 e. The Bertz CT molecular complexity index is 533. The quantitative estimate of drug-likeness (QED) is 0.759. The fourth-order valence-corrected chi connectivity index (χ4v) is 1.68. The van der Waals surface area contributed by atoms with Crippen molar-refractivity contribution in [1.82, 2.24) is 0 Å². The molecular formula is C11H9ClN4S. The number of hydrogen-bond acceptors (Lipinski definition) is 3. The van der Waals surface area contributed by atoms with E-state index in [1.807, 2.05) is 12.1 Å². The van der Waals surface area contributed by atoms with Gasteiger partial charge in [-0.3, -0.25) is 0 Å². The van der Waals surface area contributed by atoms with Crippen LogP contribution in [0.3, 0.4) is 0 Å². The highest BCUT2D eigenvalue weighted by Crippen LogP contribution is 2.14. The van der Waals surface area contributed by atoms with Crippen molar-refractivity contribution in [2.24, 2.45) is 21.5 Å². The number of rotatable bonds is 1. The van der Waals surface area contributed by atoms with Gasteiger partial charge in [0.15, 0.2) is 0 Å². The van der Waals surface area contributed by atoms with Crippen molar-refractivity contribution in [3.05, 3.63) is 40.4 Å². The Labute approximate surface area is 109 Å². The van der Waals surface area contributed by atoms with Crippen LogP contribution in [0.15, 0.2) is 39.8 Å². The summed E-state index contributed by atoms with van der Waals surface area (Å²) in [6.45, 7) is 0. The first kappa shape index (κ1) is 11.8. The molecule has 1 aromatic rings. The molecule has 2 rings (SSSR count). The van der Waals surface area contributed by atoms with E-state index in [1.165, 1.54) is 0 Å². The summed E-state index contributed by atoms with van der Waals surface area (Å²) in [6.07, 6.45) is 1.79. The zero-order chi connectivity index (χ0) is 12.4. The van der Waals surface area contributed by atoms with E-state index in [0.29, 0.717) is 10.6 Å². The average molecular weight is 265 g/mol. The van der Waals surface area contributed by atoms with Crippen LogP contribution in [0.1, 0.15) is 5.56 Å². The van der Waals surface area contributed by atoms with Crippen LogP contribution < -0.4 is 11.5 Å². The third kappa shape index (κ3) is 2.69. The van der Waals surface area contributed by atoms with Gasteiger partial charge in [-0.1, -0.05) is 23.7 Å². The largest absolute Gasteiger partial charge is 0.383 e. The molecular weight excluding hydrogens is 256 g/mol. The average Bonchev–Trinajstić information content (AvgIpc) is 2.26.